The van der Waals surface area contributed by atoms with Crippen LogP contribution in [-0.2, 0) is 11.3 Å². The topological polar surface area (TPSA) is 23.6 Å². The molecule has 1 aromatic carbocycles. The monoisotopic (exact) mass is 262 g/mol. The number of carbonyl (C=O) groups excluding carboxylic acids is 1. The molecule has 0 heterocycles. The second kappa shape index (κ2) is 7.95. The highest BCUT2D eigenvalue weighted by Gasteiger charge is 2.12. The van der Waals surface area contributed by atoms with Crippen LogP contribution in [0.1, 0.15) is 30.9 Å². The highest BCUT2D eigenvalue weighted by atomic mass is 16.2. The number of likely N-dealkylation sites (N-methyl/N-ethyl adjacent to an activating group) is 2. The number of benzene rings is 1. The molecule has 0 saturated carbocycles. The minimum atomic E-state index is 0.182. The number of hydrogen-bond acceptors (Lipinski definition) is 2. The van der Waals surface area contributed by atoms with Gasteiger partial charge in [0.2, 0.25) is 5.91 Å². The van der Waals surface area contributed by atoms with Crippen LogP contribution in [0.2, 0.25) is 0 Å². The molecular formula is C16H26N2O. The summed E-state index contributed by atoms with van der Waals surface area (Å²) in [6.07, 6.45) is 2.31. The van der Waals surface area contributed by atoms with E-state index in [0.717, 1.165) is 19.4 Å². The van der Waals surface area contributed by atoms with Gasteiger partial charge in [0.25, 0.3) is 0 Å². The zero-order valence-electron chi connectivity index (χ0n) is 12.6. The third-order valence-corrected chi connectivity index (χ3v) is 3.39. The first kappa shape index (κ1) is 15.7. The summed E-state index contributed by atoms with van der Waals surface area (Å²) in [4.78, 5) is 16.0. The molecule has 1 aromatic rings. The number of rotatable bonds is 7. The molecule has 3 nitrogen and oxygen atoms in total. The maximum Gasteiger partial charge on any atom is 0.236 e. The minimum absolute atomic E-state index is 0.182. The Hall–Kier alpha value is -1.35. The van der Waals surface area contributed by atoms with Gasteiger partial charge in [-0.2, -0.15) is 0 Å². The Morgan fingerprint density at radius 3 is 2.53 bits per heavy atom. The van der Waals surface area contributed by atoms with Crippen LogP contribution in [0.25, 0.3) is 0 Å². The summed E-state index contributed by atoms with van der Waals surface area (Å²) in [5.74, 6) is 0.182. The number of carbonyl (C=O) groups is 1. The standard InChI is InChI=1S/C16H26N2O/c1-5-6-11-17(3)13-16(19)18(4)12-15-10-8-7-9-14(15)2/h7-10H,5-6,11-13H2,1-4H3. The number of nitrogens with zero attached hydrogens (tertiary/aromatic N) is 2. The second-order valence-electron chi connectivity index (χ2n) is 5.27. The lowest BCUT2D eigenvalue weighted by atomic mass is 10.1. The third-order valence-electron chi connectivity index (χ3n) is 3.39. The first-order valence-electron chi connectivity index (χ1n) is 7.01. The largest absolute Gasteiger partial charge is 0.340 e. The van der Waals surface area contributed by atoms with Crippen molar-refractivity contribution in [1.82, 2.24) is 9.80 Å². The average molecular weight is 262 g/mol. The molecule has 0 unspecified atom stereocenters. The van der Waals surface area contributed by atoms with Gasteiger partial charge in [0, 0.05) is 13.6 Å². The van der Waals surface area contributed by atoms with Gasteiger partial charge in [-0.1, -0.05) is 37.6 Å². The van der Waals surface area contributed by atoms with Crippen molar-refractivity contribution in [2.45, 2.75) is 33.2 Å². The van der Waals surface area contributed by atoms with E-state index < -0.39 is 0 Å². The fourth-order valence-corrected chi connectivity index (χ4v) is 1.99. The highest BCUT2D eigenvalue weighted by molar-refractivity contribution is 5.78. The Balaban J connectivity index is 2.47. The maximum atomic E-state index is 12.1. The van der Waals surface area contributed by atoms with Gasteiger partial charge in [0.1, 0.15) is 0 Å². The average Bonchev–Trinajstić information content (AvgIpc) is 2.38. The molecule has 106 valence electrons. The zero-order chi connectivity index (χ0) is 14.3. The molecule has 1 amide bonds. The van der Waals surface area contributed by atoms with Crippen molar-refractivity contribution in [3.05, 3.63) is 35.4 Å². The molecule has 0 N–H and O–H groups in total. The van der Waals surface area contributed by atoms with Gasteiger partial charge in [0.15, 0.2) is 0 Å². The summed E-state index contributed by atoms with van der Waals surface area (Å²) in [5, 5.41) is 0. The van der Waals surface area contributed by atoms with Crippen LogP contribution in [0, 0.1) is 6.92 Å². The van der Waals surface area contributed by atoms with Crippen molar-refractivity contribution >= 4 is 5.91 Å². The molecule has 0 aromatic heterocycles. The molecule has 0 aliphatic rings. The predicted molar refractivity (Wildman–Crippen MR) is 80.1 cm³/mol. The van der Waals surface area contributed by atoms with E-state index in [1.807, 2.05) is 31.1 Å². The van der Waals surface area contributed by atoms with Crippen LogP contribution >= 0.6 is 0 Å². The first-order valence-corrected chi connectivity index (χ1v) is 7.01. The second-order valence-corrected chi connectivity index (χ2v) is 5.27. The Morgan fingerprint density at radius 2 is 1.89 bits per heavy atom. The van der Waals surface area contributed by atoms with Crippen molar-refractivity contribution in [2.75, 3.05) is 27.2 Å². The Kier molecular flexibility index (Phi) is 6.57. The van der Waals surface area contributed by atoms with E-state index in [1.165, 1.54) is 11.1 Å². The van der Waals surface area contributed by atoms with Gasteiger partial charge in [-0.3, -0.25) is 9.69 Å². The van der Waals surface area contributed by atoms with Crippen molar-refractivity contribution in [1.29, 1.82) is 0 Å². The lowest BCUT2D eigenvalue weighted by molar-refractivity contribution is -0.131. The van der Waals surface area contributed by atoms with Crippen LogP contribution in [0.4, 0.5) is 0 Å². The fourth-order valence-electron chi connectivity index (χ4n) is 1.99. The van der Waals surface area contributed by atoms with Crippen LogP contribution in [0.5, 0.6) is 0 Å². The van der Waals surface area contributed by atoms with E-state index in [0.29, 0.717) is 13.1 Å². The van der Waals surface area contributed by atoms with Gasteiger partial charge in [-0.15, -0.1) is 0 Å². The lowest BCUT2D eigenvalue weighted by Crippen LogP contribution is -2.36. The molecule has 1 rings (SSSR count). The predicted octanol–water partition coefficient (Wildman–Crippen LogP) is 2.69. The summed E-state index contributed by atoms with van der Waals surface area (Å²) >= 11 is 0. The fraction of sp³-hybridized carbons (Fsp3) is 0.562. The van der Waals surface area contributed by atoms with Crippen LogP contribution in [0.3, 0.4) is 0 Å². The molecular weight excluding hydrogens is 236 g/mol. The molecule has 19 heavy (non-hydrogen) atoms. The van der Waals surface area contributed by atoms with E-state index in [9.17, 15) is 4.79 Å². The van der Waals surface area contributed by atoms with E-state index in [-0.39, 0.29) is 5.91 Å². The number of amides is 1. The number of aryl methyl sites for hydroxylation is 1. The zero-order valence-corrected chi connectivity index (χ0v) is 12.6. The summed E-state index contributed by atoms with van der Waals surface area (Å²) in [7, 11) is 3.89. The van der Waals surface area contributed by atoms with Crippen molar-refractivity contribution in [3.8, 4) is 0 Å². The van der Waals surface area contributed by atoms with Gasteiger partial charge in [-0.25, -0.2) is 0 Å². The molecule has 0 aliphatic carbocycles. The Labute approximate surface area is 117 Å². The van der Waals surface area contributed by atoms with E-state index in [4.69, 9.17) is 0 Å². The van der Waals surface area contributed by atoms with Gasteiger partial charge in [-0.05, 0) is 38.1 Å². The molecule has 0 spiro atoms. The summed E-state index contributed by atoms with van der Waals surface area (Å²) in [6, 6.07) is 8.22. The van der Waals surface area contributed by atoms with E-state index in [1.54, 1.807) is 0 Å². The quantitative estimate of drug-likeness (QED) is 0.754. The lowest BCUT2D eigenvalue weighted by Gasteiger charge is -2.22. The van der Waals surface area contributed by atoms with Crippen molar-refractivity contribution in [2.24, 2.45) is 0 Å². The Bertz CT molecular complexity index is 403. The third kappa shape index (κ3) is 5.43. The molecule has 3 heteroatoms. The molecule has 0 fully saturated rings. The van der Waals surface area contributed by atoms with Gasteiger partial charge < -0.3 is 4.90 Å². The van der Waals surface area contributed by atoms with E-state index >= 15 is 0 Å². The van der Waals surface area contributed by atoms with E-state index in [2.05, 4.69) is 30.9 Å². The van der Waals surface area contributed by atoms with Crippen LogP contribution < -0.4 is 0 Å². The van der Waals surface area contributed by atoms with Crippen LogP contribution in [-0.4, -0.2) is 42.9 Å². The van der Waals surface area contributed by atoms with Gasteiger partial charge >= 0.3 is 0 Å². The highest BCUT2D eigenvalue weighted by Crippen LogP contribution is 2.09. The smallest absolute Gasteiger partial charge is 0.236 e. The molecule has 0 atom stereocenters. The SMILES string of the molecule is CCCCN(C)CC(=O)N(C)Cc1ccccc1C. The van der Waals surface area contributed by atoms with Crippen LogP contribution in [0.15, 0.2) is 24.3 Å². The van der Waals surface area contributed by atoms with Crippen molar-refractivity contribution < 1.29 is 4.79 Å². The normalized spacial score (nSPS) is 10.8. The summed E-state index contributed by atoms with van der Waals surface area (Å²) in [5.41, 5.74) is 2.45. The first-order chi connectivity index (χ1) is 9.04. The maximum absolute atomic E-state index is 12.1. The summed E-state index contributed by atoms with van der Waals surface area (Å²) in [6.45, 7) is 6.43. The summed E-state index contributed by atoms with van der Waals surface area (Å²) < 4.78 is 0. The minimum Gasteiger partial charge on any atom is -0.340 e. The molecule has 0 saturated heterocycles. The van der Waals surface area contributed by atoms with Crippen molar-refractivity contribution in [3.63, 3.8) is 0 Å². The molecule has 0 radical (unpaired) electrons. The number of unbranched alkanes of at least 4 members (excludes halogenated alkanes) is 1. The molecule has 0 bridgehead atoms. The molecule has 0 aliphatic heterocycles. The Morgan fingerprint density at radius 1 is 1.21 bits per heavy atom. The van der Waals surface area contributed by atoms with Gasteiger partial charge in [0.05, 0.1) is 6.54 Å². The number of hydrogen-bond donors (Lipinski definition) is 0.